The molecular weight excluding hydrogens is 326 g/mol. The minimum absolute atomic E-state index is 0.0664. The van der Waals surface area contributed by atoms with Crippen molar-refractivity contribution in [3.8, 4) is 5.69 Å². The first-order chi connectivity index (χ1) is 12.6. The summed E-state index contributed by atoms with van der Waals surface area (Å²) in [5.41, 5.74) is 2.95. The van der Waals surface area contributed by atoms with Gasteiger partial charge in [-0.3, -0.25) is 0 Å². The molecule has 1 aliphatic carbocycles. The molecule has 0 saturated heterocycles. The topological polar surface area (TPSA) is 55.1 Å². The number of nitrogens with zero attached hydrogens (tertiary/aromatic N) is 4. The van der Waals surface area contributed by atoms with Gasteiger partial charge in [0.2, 0.25) is 0 Å². The molecule has 26 heavy (non-hydrogen) atoms. The van der Waals surface area contributed by atoms with E-state index in [1.807, 2.05) is 66.3 Å². The molecule has 0 aliphatic heterocycles. The lowest BCUT2D eigenvalue weighted by Gasteiger charge is -2.23. The normalized spacial score (nSPS) is 13.6. The summed E-state index contributed by atoms with van der Waals surface area (Å²) >= 11 is 0. The molecule has 0 spiro atoms. The van der Waals surface area contributed by atoms with E-state index in [-0.39, 0.29) is 6.03 Å². The molecule has 3 aromatic rings. The number of carbonyl (C=O) groups is 1. The number of carbonyl (C=O) groups excluding carboxylic acids is 1. The summed E-state index contributed by atoms with van der Waals surface area (Å²) in [6.45, 7) is 2.56. The highest BCUT2D eigenvalue weighted by Crippen LogP contribution is 2.30. The number of nitrogens with one attached hydrogen (secondary N) is 1. The third-order valence-corrected chi connectivity index (χ3v) is 4.91. The van der Waals surface area contributed by atoms with E-state index in [0.29, 0.717) is 12.6 Å². The monoisotopic (exact) mass is 349 g/mol. The summed E-state index contributed by atoms with van der Waals surface area (Å²) < 4.78 is 4.01. The van der Waals surface area contributed by atoms with Gasteiger partial charge in [0.25, 0.3) is 0 Å². The van der Waals surface area contributed by atoms with Crippen molar-refractivity contribution in [1.29, 1.82) is 0 Å². The first kappa shape index (κ1) is 16.4. The zero-order valence-electron chi connectivity index (χ0n) is 15.1. The SMILES string of the molecule is Cc1c(NC(=O)N(Cc2nccn2C)C2CC2)cccc1-n1cccc1. The third-order valence-electron chi connectivity index (χ3n) is 4.91. The number of amides is 2. The van der Waals surface area contributed by atoms with E-state index in [1.165, 1.54) is 0 Å². The highest BCUT2D eigenvalue weighted by Gasteiger charge is 2.33. The van der Waals surface area contributed by atoms with Crippen LogP contribution in [0.5, 0.6) is 0 Å². The molecule has 1 N–H and O–H groups in total. The van der Waals surface area contributed by atoms with Crippen LogP contribution in [0.2, 0.25) is 0 Å². The number of urea groups is 1. The van der Waals surface area contributed by atoms with Crippen molar-refractivity contribution in [2.24, 2.45) is 7.05 Å². The van der Waals surface area contributed by atoms with Crippen LogP contribution in [-0.2, 0) is 13.6 Å². The van der Waals surface area contributed by atoms with Crippen molar-refractivity contribution in [3.05, 3.63) is 66.5 Å². The first-order valence-electron chi connectivity index (χ1n) is 8.90. The predicted octanol–water partition coefficient (Wildman–Crippen LogP) is 3.72. The molecule has 1 saturated carbocycles. The fourth-order valence-corrected chi connectivity index (χ4v) is 3.17. The van der Waals surface area contributed by atoms with Gasteiger partial charge in [-0.15, -0.1) is 0 Å². The van der Waals surface area contributed by atoms with Crippen molar-refractivity contribution in [2.45, 2.75) is 32.4 Å². The zero-order valence-corrected chi connectivity index (χ0v) is 15.1. The molecule has 1 aliphatic rings. The van der Waals surface area contributed by atoms with Crippen LogP contribution in [0.25, 0.3) is 5.69 Å². The standard InChI is InChI=1S/C20H23N5O/c1-15-17(6-5-7-18(15)24-11-3-4-12-24)22-20(26)25(16-8-9-16)14-19-21-10-13-23(19)2/h3-7,10-13,16H,8-9,14H2,1-2H3,(H,22,26). The van der Waals surface area contributed by atoms with Crippen molar-refractivity contribution < 1.29 is 4.79 Å². The minimum Gasteiger partial charge on any atom is -0.337 e. The number of benzene rings is 1. The maximum Gasteiger partial charge on any atom is 0.322 e. The van der Waals surface area contributed by atoms with Gasteiger partial charge in [0.1, 0.15) is 5.82 Å². The van der Waals surface area contributed by atoms with Crippen molar-refractivity contribution in [2.75, 3.05) is 5.32 Å². The summed E-state index contributed by atoms with van der Waals surface area (Å²) in [4.78, 5) is 19.2. The Balaban J connectivity index is 1.55. The maximum atomic E-state index is 13.0. The van der Waals surface area contributed by atoms with Gasteiger partial charge in [-0.1, -0.05) is 6.07 Å². The van der Waals surface area contributed by atoms with E-state index in [0.717, 1.165) is 35.6 Å². The molecule has 2 heterocycles. The van der Waals surface area contributed by atoms with E-state index < -0.39 is 0 Å². The molecule has 134 valence electrons. The highest BCUT2D eigenvalue weighted by molar-refractivity contribution is 5.91. The van der Waals surface area contributed by atoms with Gasteiger partial charge >= 0.3 is 6.03 Å². The lowest BCUT2D eigenvalue weighted by Crippen LogP contribution is -2.37. The van der Waals surface area contributed by atoms with Crippen LogP contribution < -0.4 is 5.32 Å². The summed E-state index contributed by atoms with van der Waals surface area (Å²) in [6, 6.07) is 10.2. The van der Waals surface area contributed by atoms with Gasteiger partial charge in [0, 0.05) is 49.3 Å². The highest BCUT2D eigenvalue weighted by atomic mass is 16.2. The van der Waals surface area contributed by atoms with Gasteiger partial charge in [-0.25, -0.2) is 9.78 Å². The quantitative estimate of drug-likeness (QED) is 0.763. The van der Waals surface area contributed by atoms with E-state index in [4.69, 9.17) is 0 Å². The van der Waals surface area contributed by atoms with Crippen LogP contribution in [0.15, 0.2) is 55.1 Å². The fraction of sp³-hybridized carbons (Fsp3) is 0.300. The Bertz CT molecular complexity index is 908. The van der Waals surface area contributed by atoms with Gasteiger partial charge < -0.3 is 19.4 Å². The number of hydrogen-bond donors (Lipinski definition) is 1. The second-order valence-corrected chi connectivity index (χ2v) is 6.78. The summed E-state index contributed by atoms with van der Waals surface area (Å²) in [6.07, 6.45) is 9.80. The Morgan fingerprint density at radius 1 is 1.23 bits per heavy atom. The lowest BCUT2D eigenvalue weighted by molar-refractivity contribution is 0.204. The smallest absolute Gasteiger partial charge is 0.322 e. The van der Waals surface area contributed by atoms with Crippen molar-refractivity contribution >= 4 is 11.7 Å². The van der Waals surface area contributed by atoms with Crippen LogP contribution in [0.3, 0.4) is 0 Å². The van der Waals surface area contributed by atoms with Crippen molar-refractivity contribution in [1.82, 2.24) is 19.0 Å². The van der Waals surface area contributed by atoms with Crippen LogP contribution in [0.4, 0.5) is 10.5 Å². The Labute approximate surface area is 153 Å². The Kier molecular flexibility index (Phi) is 4.24. The van der Waals surface area contributed by atoms with Gasteiger partial charge in [0.15, 0.2) is 0 Å². The van der Waals surface area contributed by atoms with Crippen LogP contribution in [0, 0.1) is 6.92 Å². The molecule has 4 rings (SSSR count). The minimum atomic E-state index is -0.0664. The number of aromatic nitrogens is 3. The number of imidazole rings is 1. The number of anilines is 1. The predicted molar refractivity (Wildman–Crippen MR) is 101 cm³/mol. The summed E-state index contributed by atoms with van der Waals surface area (Å²) in [7, 11) is 1.95. The molecule has 0 atom stereocenters. The summed E-state index contributed by atoms with van der Waals surface area (Å²) in [5, 5.41) is 3.10. The molecule has 6 nitrogen and oxygen atoms in total. The maximum absolute atomic E-state index is 13.0. The first-order valence-corrected chi connectivity index (χ1v) is 8.90. The largest absolute Gasteiger partial charge is 0.337 e. The van der Waals surface area contributed by atoms with E-state index in [1.54, 1.807) is 6.20 Å². The number of hydrogen-bond acceptors (Lipinski definition) is 2. The Morgan fingerprint density at radius 3 is 2.65 bits per heavy atom. The molecule has 6 heteroatoms. The van der Waals surface area contributed by atoms with E-state index in [2.05, 4.69) is 20.9 Å². The van der Waals surface area contributed by atoms with Crippen LogP contribution in [0.1, 0.15) is 24.2 Å². The Hall–Kier alpha value is -3.02. The van der Waals surface area contributed by atoms with E-state index >= 15 is 0 Å². The molecule has 1 fully saturated rings. The molecule has 0 radical (unpaired) electrons. The van der Waals surface area contributed by atoms with Gasteiger partial charge in [-0.05, 0) is 49.6 Å². The van der Waals surface area contributed by atoms with Gasteiger partial charge in [0.05, 0.1) is 6.54 Å². The van der Waals surface area contributed by atoms with Crippen LogP contribution >= 0.6 is 0 Å². The van der Waals surface area contributed by atoms with Crippen molar-refractivity contribution in [3.63, 3.8) is 0 Å². The molecular formula is C20H23N5O. The average molecular weight is 349 g/mol. The fourth-order valence-electron chi connectivity index (χ4n) is 3.17. The number of aryl methyl sites for hydroxylation is 1. The lowest BCUT2D eigenvalue weighted by atomic mass is 10.1. The zero-order chi connectivity index (χ0) is 18.1. The molecule has 0 bridgehead atoms. The summed E-state index contributed by atoms with van der Waals surface area (Å²) in [5.74, 6) is 0.893. The van der Waals surface area contributed by atoms with Crippen LogP contribution in [-0.4, -0.2) is 31.1 Å². The molecule has 0 unspecified atom stereocenters. The average Bonchev–Trinajstić information content (AvgIpc) is 3.15. The van der Waals surface area contributed by atoms with E-state index in [9.17, 15) is 4.79 Å². The molecule has 2 amide bonds. The molecule has 2 aromatic heterocycles. The number of rotatable bonds is 5. The Morgan fingerprint density at radius 2 is 2.00 bits per heavy atom. The second kappa shape index (κ2) is 6.71. The van der Waals surface area contributed by atoms with Gasteiger partial charge in [-0.2, -0.15) is 0 Å². The molecule has 1 aromatic carbocycles. The third kappa shape index (κ3) is 3.22. The second-order valence-electron chi connectivity index (χ2n) is 6.78.